The van der Waals surface area contributed by atoms with Crippen LogP contribution in [0.25, 0.3) is 0 Å². The van der Waals surface area contributed by atoms with Crippen LogP contribution in [0.5, 0.6) is 0 Å². The van der Waals surface area contributed by atoms with E-state index in [9.17, 15) is 14.4 Å². The maximum Gasteiger partial charge on any atom is 0.410 e. The number of anilines is 1. The summed E-state index contributed by atoms with van der Waals surface area (Å²) in [6.07, 6.45) is 0.252. The van der Waals surface area contributed by atoms with Crippen LogP contribution in [0.15, 0.2) is 24.3 Å². The summed E-state index contributed by atoms with van der Waals surface area (Å²) in [5, 5.41) is 2.66. The van der Waals surface area contributed by atoms with Crippen LogP contribution in [0.4, 0.5) is 10.5 Å². The molecule has 0 atom stereocenters. The van der Waals surface area contributed by atoms with E-state index in [0.717, 1.165) is 6.42 Å². The topological polar surface area (TPSA) is 75.7 Å². The first-order chi connectivity index (χ1) is 9.56. The fourth-order valence-electron chi connectivity index (χ4n) is 1.93. The lowest BCUT2D eigenvalue weighted by Crippen LogP contribution is -2.42. The Kier molecular flexibility index (Phi) is 4.34. The van der Waals surface area contributed by atoms with E-state index in [1.165, 1.54) is 11.8 Å². The van der Waals surface area contributed by atoms with E-state index in [-0.39, 0.29) is 18.2 Å². The minimum Gasteiger partial charge on any atom is -0.449 e. The summed E-state index contributed by atoms with van der Waals surface area (Å²) < 4.78 is 4.85. The molecule has 0 spiro atoms. The Hall–Kier alpha value is -2.37. The molecule has 0 aromatic heterocycles. The summed E-state index contributed by atoms with van der Waals surface area (Å²) in [5.41, 5.74) is 1.06. The van der Waals surface area contributed by atoms with Crippen molar-refractivity contribution in [1.29, 1.82) is 0 Å². The highest BCUT2D eigenvalue weighted by atomic mass is 16.6. The van der Waals surface area contributed by atoms with Crippen molar-refractivity contribution in [3.63, 3.8) is 0 Å². The number of ether oxygens (including phenoxy) is 1. The highest BCUT2D eigenvalue weighted by Crippen LogP contribution is 2.12. The number of Topliss-reactive ketones (excluding diaryl/α,β-unsaturated/α-hetero) is 1. The molecule has 1 saturated heterocycles. The zero-order valence-electron chi connectivity index (χ0n) is 11.2. The van der Waals surface area contributed by atoms with Gasteiger partial charge in [-0.05, 0) is 25.5 Å². The minimum absolute atomic E-state index is 0.0524. The van der Waals surface area contributed by atoms with Crippen molar-refractivity contribution in [3.8, 4) is 0 Å². The van der Waals surface area contributed by atoms with Crippen molar-refractivity contribution in [2.45, 2.75) is 13.3 Å². The summed E-state index contributed by atoms with van der Waals surface area (Å²) in [6, 6.07) is 6.68. The lowest BCUT2D eigenvalue weighted by atomic mass is 10.1. The van der Waals surface area contributed by atoms with Crippen molar-refractivity contribution >= 4 is 23.5 Å². The number of benzene rings is 1. The molecular weight excluding hydrogens is 260 g/mol. The second kappa shape index (κ2) is 6.18. The number of amides is 2. The molecule has 1 fully saturated rings. The molecule has 2 amide bonds. The number of nitrogens with one attached hydrogen (secondary N) is 1. The van der Waals surface area contributed by atoms with E-state index >= 15 is 0 Å². The monoisotopic (exact) mass is 276 g/mol. The summed E-state index contributed by atoms with van der Waals surface area (Å²) in [4.78, 5) is 35.9. The number of rotatable bonds is 4. The Morgan fingerprint density at radius 3 is 2.90 bits per heavy atom. The van der Waals surface area contributed by atoms with Crippen molar-refractivity contribution in [2.24, 2.45) is 0 Å². The summed E-state index contributed by atoms with van der Waals surface area (Å²) >= 11 is 0. The van der Waals surface area contributed by atoms with Crippen LogP contribution in [-0.4, -0.2) is 42.4 Å². The fraction of sp³-hybridized carbons (Fsp3) is 0.357. The molecule has 20 heavy (non-hydrogen) atoms. The second-order valence-corrected chi connectivity index (χ2v) is 4.57. The van der Waals surface area contributed by atoms with Gasteiger partial charge in [-0.2, -0.15) is 0 Å². The second-order valence-electron chi connectivity index (χ2n) is 4.57. The molecule has 0 unspecified atom stereocenters. The molecule has 0 saturated carbocycles. The lowest BCUT2D eigenvalue weighted by Gasteiger charge is -2.25. The number of carbonyl (C=O) groups is 3. The standard InChI is InChI=1S/C14H16N2O4/c1-10(17)11-4-2-5-12(8-11)15-13(18)9-16-6-3-7-20-14(16)19/h2,4-5,8H,3,6-7,9H2,1H3,(H,15,18). The van der Waals surface area contributed by atoms with E-state index in [4.69, 9.17) is 4.74 Å². The Morgan fingerprint density at radius 2 is 2.20 bits per heavy atom. The quantitative estimate of drug-likeness (QED) is 0.849. The molecule has 1 aliphatic heterocycles. The van der Waals surface area contributed by atoms with Gasteiger partial charge in [-0.1, -0.05) is 12.1 Å². The molecule has 1 aromatic rings. The molecule has 1 N–H and O–H groups in total. The van der Waals surface area contributed by atoms with Crippen molar-refractivity contribution in [2.75, 3.05) is 25.0 Å². The predicted molar refractivity (Wildman–Crippen MR) is 72.6 cm³/mol. The number of nitrogens with zero attached hydrogens (tertiary/aromatic N) is 1. The molecule has 1 aromatic carbocycles. The van der Waals surface area contributed by atoms with Gasteiger partial charge >= 0.3 is 6.09 Å². The number of hydrogen-bond donors (Lipinski definition) is 1. The van der Waals surface area contributed by atoms with E-state index in [1.807, 2.05) is 0 Å². The largest absolute Gasteiger partial charge is 0.449 e. The van der Waals surface area contributed by atoms with E-state index in [1.54, 1.807) is 24.3 Å². The molecule has 6 heteroatoms. The van der Waals surface area contributed by atoms with Gasteiger partial charge in [-0.15, -0.1) is 0 Å². The maximum absolute atomic E-state index is 11.9. The number of carbonyl (C=O) groups excluding carboxylic acids is 3. The van der Waals surface area contributed by atoms with Gasteiger partial charge in [0.1, 0.15) is 6.54 Å². The summed E-state index contributed by atoms with van der Waals surface area (Å²) in [5.74, 6) is -0.384. The van der Waals surface area contributed by atoms with Gasteiger partial charge in [0, 0.05) is 17.8 Å². The van der Waals surface area contributed by atoms with Crippen LogP contribution in [0.2, 0.25) is 0 Å². The van der Waals surface area contributed by atoms with Gasteiger partial charge in [-0.3, -0.25) is 14.5 Å². The molecule has 2 rings (SSSR count). The van der Waals surface area contributed by atoms with E-state index in [2.05, 4.69) is 5.32 Å². The lowest BCUT2D eigenvalue weighted by molar-refractivity contribution is -0.117. The third-order valence-electron chi connectivity index (χ3n) is 2.94. The van der Waals surface area contributed by atoms with Crippen molar-refractivity contribution < 1.29 is 19.1 Å². The molecule has 0 bridgehead atoms. The van der Waals surface area contributed by atoms with Crippen molar-refractivity contribution in [3.05, 3.63) is 29.8 Å². The average Bonchev–Trinajstić information content (AvgIpc) is 2.41. The minimum atomic E-state index is -0.469. The average molecular weight is 276 g/mol. The van der Waals surface area contributed by atoms with Gasteiger partial charge < -0.3 is 10.1 Å². The SMILES string of the molecule is CC(=O)c1cccc(NC(=O)CN2CCCOC2=O)c1. The van der Waals surface area contributed by atoms with Gasteiger partial charge in [0.15, 0.2) is 5.78 Å². The smallest absolute Gasteiger partial charge is 0.410 e. The third-order valence-corrected chi connectivity index (χ3v) is 2.94. The summed E-state index contributed by atoms with van der Waals surface area (Å²) in [6.45, 7) is 2.32. The van der Waals surface area contributed by atoms with Crippen molar-refractivity contribution in [1.82, 2.24) is 4.90 Å². The molecule has 6 nitrogen and oxygen atoms in total. The van der Waals surface area contributed by atoms with Crippen LogP contribution >= 0.6 is 0 Å². The zero-order chi connectivity index (χ0) is 14.5. The molecule has 0 radical (unpaired) electrons. The number of ketones is 1. The number of hydrogen-bond acceptors (Lipinski definition) is 4. The highest BCUT2D eigenvalue weighted by Gasteiger charge is 2.21. The maximum atomic E-state index is 11.9. The Bertz CT molecular complexity index is 542. The highest BCUT2D eigenvalue weighted by molar-refractivity contribution is 5.98. The Balaban J connectivity index is 1.95. The molecule has 0 aliphatic carbocycles. The third kappa shape index (κ3) is 3.57. The number of cyclic esters (lactones) is 1. The first-order valence-electron chi connectivity index (χ1n) is 6.39. The molecular formula is C14H16N2O4. The first-order valence-corrected chi connectivity index (χ1v) is 6.39. The zero-order valence-corrected chi connectivity index (χ0v) is 11.2. The van der Waals surface area contributed by atoms with E-state index < -0.39 is 6.09 Å². The molecule has 1 heterocycles. The van der Waals surface area contributed by atoms with Crippen LogP contribution in [0.1, 0.15) is 23.7 Å². The Morgan fingerprint density at radius 1 is 1.40 bits per heavy atom. The predicted octanol–water partition coefficient (Wildman–Crippen LogP) is 1.67. The van der Waals surface area contributed by atoms with Gasteiger partial charge in [0.05, 0.1) is 6.61 Å². The van der Waals surface area contributed by atoms with Gasteiger partial charge in [0.2, 0.25) is 5.91 Å². The van der Waals surface area contributed by atoms with Gasteiger partial charge in [-0.25, -0.2) is 4.79 Å². The first kappa shape index (κ1) is 14.0. The summed E-state index contributed by atoms with van der Waals surface area (Å²) in [7, 11) is 0. The molecule has 106 valence electrons. The molecule has 1 aliphatic rings. The van der Waals surface area contributed by atoms with Crippen LogP contribution in [-0.2, 0) is 9.53 Å². The van der Waals surface area contributed by atoms with Crippen LogP contribution in [0, 0.1) is 0 Å². The Labute approximate surface area is 116 Å². The fourth-order valence-corrected chi connectivity index (χ4v) is 1.93. The normalized spacial score (nSPS) is 14.7. The van der Waals surface area contributed by atoms with Gasteiger partial charge in [0.25, 0.3) is 0 Å². The van der Waals surface area contributed by atoms with E-state index in [0.29, 0.717) is 24.4 Å². The van der Waals surface area contributed by atoms with Crippen LogP contribution < -0.4 is 5.32 Å². The van der Waals surface area contributed by atoms with Crippen LogP contribution in [0.3, 0.4) is 0 Å².